The lowest BCUT2D eigenvalue weighted by Gasteiger charge is -2.33. The fraction of sp³-hybridized carbons (Fsp3) is 0.312. The monoisotopic (exact) mass is 525 g/mol. The lowest BCUT2D eigenvalue weighted by Crippen LogP contribution is -2.31. The van der Waals surface area contributed by atoms with Gasteiger partial charge in [0.2, 0.25) is 5.89 Å². The average Bonchev–Trinajstić information content (AvgIpc) is 3.32. The molecule has 0 saturated heterocycles. The number of benzene rings is 3. The average molecular weight is 526 g/mol. The van der Waals surface area contributed by atoms with Gasteiger partial charge in [-0.2, -0.15) is 0 Å². The van der Waals surface area contributed by atoms with Crippen molar-refractivity contribution in [3.63, 3.8) is 0 Å². The minimum atomic E-state index is -0.783. The number of carboxylic acid groups (broad SMARTS) is 1. The van der Waals surface area contributed by atoms with Crippen LogP contribution in [0.2, 0.25) is 0 Å². The van der Waals surface area contributed by atoms with E-state index in [4.69, 9.17) is 14.1 Å². The minimum Gasteiger partial charge on any atom is -0.493 e. The largest absolute Gasteiger partial charge is 0.493 e. The fourth-order valence-corrected chi connectivity index (χ4v) is 5.12. The van der Waals surface area contributed by atoms with E-state index in [2.05, 4.69) is 34.1 Å². The Morgan fingerprint density at radius 2 is 1.79 bits per heavy atom. The molecule has 5 rings (SSSR count). The second-order valence-electron chi connectivity index (χ2n) is 10.1. The molecule has 0 spiro atoms. The third kappa shape index (κ3) is 6.08. The molecule has 0 unspecified atom stereocenters. The van der Waals surface area contributed by atoms with Crippen LogP contribution in [0, 0.1) is 6.92 Å². The molecule has 1 N–H and O–H groups in total. The van der Waals surface area contributed by atoms with E-state index < -0.39 is 5.97 Å². The first-order chi connectivity index (χ1) is 18.9. The molecule has 0 aliphatic carbocycles. The van der Waals surface area contributed by atoms with Crippen LogP contribution in [0.4, 0.5) is 11.4 Å². The maximum atomic E-state index is 11.3. The number of oxazole rings is 1. The van der Waals surface area contributed by atoms with Gasteiger partial charge in [-0.05, 0) is 73.4 Å². The van der Waals surface area contributed by atoms with Crippen LogP contribution < -0.4 is 14.5 Å². The summed E-state index contributed by atoms with van der Waals surface area (Å²) in [7, 11) is 4.07. The van der Waals surface area contributed by atoms with E-state index in [-0.39, 0.29) is 6.42 Å². The van der Waals surface area contributed by atoms with Gasteiger partial charge in [-0.1, -0.05) is 24.3 Å². The Bertz CT molecular complexity index is 1430. The third-order valence-corrected chi connectivity index (χ3v) is 7.32. The summed E-state index contributed by atoms with van der Waals surface area (Å²) >= 11 is 0. The second-order valence-corrected chi connectivity index (χ2v) is 10.1. The molecule has 0 amide bonds. The second kappa shape index (κ2) is 11.6. The van der Waals surface area contributed by atoms with Gasteiger partial charge in [-0.25, -0.2) is 4.98 Å². The molecule has 2 heterocycles. The van der Waals surface area contributed by atoms with E-state index in [0.717, 1.165) is 59.2 Å². The molecule has 0 radical (unpaired) electrons. The number of aromatic nitrogens is 1. The summed E-state index contributed by atoms with van der Waals surface area (Å²) in [6.07, 6.45) is 2.09. The number of carbonyl (C=O) groups is 1. The quantitative estimate of drug-likeness (QED) is 0.275. The smallest absolute Gasteiger partial charge is 0.303 e. The van der Waals surface area contributed by atoms with E-state index in [1.807, 2.05) is 63.5 Å². The van der Waals surface area contributed by atoms with Crippen molar-refractivity contribution >= 4 is 17.3 Å². The number of ether oxygens (including phenoxy) is 1. The lowest BCUT2D eigenvalue weighted by atomic mass is 9.91. The molecule has 7 nitrogen and oxygen atoms in total. The number of hydrogen-bond acceptors (Lipinski definition) is 6. The summed E-state index contributed by atoms with van der Waals surface area (Å²) in [6.45, 7) is 4.02. The molecule has 0 fully saturated rings. The molecular formula is C32H35N3O4. The normalized spacial score (nSPS) is 12.7. The summed E-state index contributed by atoms with van der Waals surface area (Å²) in [4.78, 5) is 20.5. The third-order valence-electron chi connectivity index (χ3n) is 7.32. The van der Waals surface area contributed by atoms with Gasteiger partial charge in [0.25, 0.3) is 0 Å². The molecular weight excluding hydrogens is 490 g/mol. The Balaban J connectivity index is 1.32. The summed E-state index contributed by atoms with van der Waals surface area (Å²) in [5, 5.41) is 9.30. The van der Waals surface area contributed by atoms with Crippen molar-refractivity contribution in [2.75, 3.05) is 37.0 Å². The van der Waals surface area contributed by atoms with Gasteiger partial charge in [-0.15, -0.1) is 0 Å². The summed E-state index contributed by atoms with van der Waals surface area (Å²) < 4.78 is 12.2. The van der Waals surface area contributed by atoms with Crippen molar-refractivity contribution in [3.8, 4) is 17.2 Å². The molecule has 7 heteroatoms. The molecule has 1 aromatic heterocycles. The van der Waals surface area contributed by atoms with Crippen LogP contribution in [0.25, 0.3) is 11.5 Å². The van der Waals surface area contributed by atoms with Crippen molar-refractivity contribution in [1.29, 1.82) is 0 Å². The van der Waals surface area contributed by atoms with E-state index in [0.29, 0.717) is 25.3 Å². The van der Waals surface area contributed by atoms with Gasteiger partial charge in [0.05, 0.1) is 12.3 Å². The number of fused-ring (bicyclic) bond motifs is 1. The van der Waals surface area contributed by atoms with E-state index in [1.54, 1.807) is 0 Å². The number of aryl methyl sites for hydroxylation is 2. The Morgan fingerprint density at radius 3 is 2.51 bits per heavy atom. The van der Waals surface area contributed by atoms with Gasteiger partial charge in [-0.3, -0.25) is 4.79 Å². The topological polar surface area (TPSA) is 79.0 Å². The number of hydrogen-bond donors (Lipinski definition) is 1. The van der Waals surface area contributed by atoms with Crippen LogP contribution in [0.5, 0.6) is 5.75 Å². The molecule has 1 aliphatic rings. The molecule has 4 aromatic rings. The van der Waals surface area contributed by atoms with Gasteiger partial charge in [0, 0.05) is 62.5 Å². The number of carboxylic acids is 1. The predicted octanol–water partition coefficient (Wildman–Crippen LogP) is 5.92. The van der Waals surface area contributed by atoms with Crippen molar-refractivity contribution in [3.05, 3.63) is 94.9 Å². The number of aliphatic carboxylic acids is 1. The van der Waals surface area contributed by atoms with Crippen LogP contribution in [0.3, 0.4) is 0 Å². The summed E-state index contributed by atoms with van der Waals surface area (Å²) in [6, 6.07) is 22.5. The first-order valence-corrected chi connectivity index (χ1v) is 13.4. The Labute approximate surface area is 229 Å². The molecule has 202 valence electrons. The molecule has 1 aliphatic heterocycles. The van der Waals surface area contributed by atoms with E-state index in [9.17, 15) is 9.90 Å². The molecule has 3 aromatic carbocycles. The van der Waals surface area contributed by atoms with Crippen molar-refractivity contribution < 1.29 is 19.1 Å². The van der Waals surface area contributed by atoms with E-state index in [1.165, 1.54) is 11.1 Å². The summed E-state index contributed by atoms with van der Waals surface area (Å²) in [5.41, 5.74) is 7.62. The fourth-order valence-electron chi connectivity index (χ4n) is 5.12. The van der Waals surface area contributed by atoms with Crippen LogP contribution in [-0.2, 0) is 30.6 Å². The zero-order chi connectivity index (χ0) is 27.4. The van der Waals surface area contributed by atoms with Crippen LogP contribution in [-0.4, -0.2) is 43.3 Å². The minimum absolute atomic E-state index is 0.110. The van der Waals surface area contributed by atoms with Crippen LogP contribution >= 0.6 is 0 Å². The van der Waals surface area contributed by atoms with Crippen LogP contribution in [0.15, 0.2) is 71.1 Å². The highest BCUT2D eigenvalue weighted by molar-refractivity contribution is 5.67. The Hall–Kier alpha value is -4.26. The zero-order valence-electron chi connectivity index (χ0n) is 22.8. The first kappa shape index (κ1) is 26.4. The SMILES string of the molecule is Cc1oc(-c2ccccc2)nc1CCOc1ccc(CCC(=O)O)c2c1CCN(c1ccc(N(C)C)cc1)C2. The predicted molar refractivity (Wildman–Crippen MR) is 154 cm³/mol. The molecule has 0 bridgehead atoms. The highest BCUT2D eigenvalue weighted by Crippen LogP contribution is 2.34. The highest BCUT2D eigenvalue weighted by atomic mass is 16.5. The van der Waals surface area contributed by atoms with E-state index >= 15 is 0 Å². The maximum Gasteiger partial charge on any atom is 0.303 e. The molecule has 0 atom stereocenters. The molecule has 39 heavy (non-hydrogen) atoms. The van der Waals surface area contributed by atoms with Gasteiger partial charge < -0.3 is 24.1 Å². The standard InChI is InChI=1S/C32H35N3O4/c1-22-29(33-32(39-22)24-7-5-4-6-8-24)18-20-38-30-15-9-23(10-16-31(36)37)28-21-35(19-17-27(28)30)26-13-11-25(12-14-26)34(2)3/h4-9,11-15H,10,16-21H2,1-3H3,(H,36,37). The van der Waals surface area contributed by atoms with Gasteiger partial charge in [0.15, 0.2) is 0 Å². The molecule has 0 saturated carbocycles. The number of anilines is 2. The van der Waals surface area contributed by atoms with Crippen LogP contribution in [0.1, 0.15) is 34.6 Å². The zero-order valence-corrected chi connectivity index (χ0v) is 22.8. The summed E-state index contributed by atoms with van der Waals surface area (Å²) in [5.74, 6) is 1.52. The maximum absolute atomic E-state index is 11.3. The number of nitrogens with zero attached hydrogens (tertiary/aromatic N) is 3. The van der Waals surface area contributed by atoms with Crippen molar-refractivity contribution in [2.45, 2.75) is 39.2 Å². The Morgan fingerprint density at radius 1 is 1.03 bits per heavy atom. The highest BCUT2D eigenvalue weighted by Gasteiger charge is 2.23. The van der Waals surface area contributed by atoms with Gasteiger partial charge in [0.1, 0.15) is 11.5 Å². The van der Waals surface area contributed by atoms with Crippen molar-refractivity contribution in [2.24, 2.45) is 0 Å². The van der Waals surface area contributed by atoms with Gasteiger partial charge >= 0.3 is 5.97 Å². The Kier molecular flexibility index (Phi) is 7.87. The van der Waals surface area contributed by atoms with Crippen molar-refractivity contribution in [1.82, 2.24) is 4.98 Å². The number of rotatable bonds is 10. The first-order valence-electron chi connectivity index (χ1n) is 13.4. The lowest BCUT2D eigenvalue weighted by molar-refractivity contribution is -0.136.